The van der Waals surface area contributed by atoms with Gasteiger partial charge < -0.3 is 0 Å². The van der Waals surface area contributed by atoms with Crippen molar-refractivity contribution >= 4 is 51.7 Å². The summed E-state index contributed by atoms with van der Waals surface area (Å²) in [5.41, 5.74) is 0. The van der Waals surface area contributed by atoms with Crippen molar-refractivity contribution in [1.29, 1.82) is 0 Å². The molecule has 0 aromatic carbocycles. The second-order valence-electron chi connectivity index (χ2n) is 3.13. The third-order valence-corrected chi connectivity index (χ3v) is 6.11. The number of rotatable bonds is 7. The summed E-state index contributed by atoms with van der Waals surface area (Å²) in [4.78, 5) is 0. The molecule has 0 aliphatic carbocycles. The van der Waals surface area contributed by atoms with Crippen LogP contribution in [0.15, 0.2) is 0 Å². The third kappa shape index (κ3) is 11.7. The lowest BCUT2D eigenvalue weighted by Crippen LogP contribution is -2.05. The van der Waals surface area contributed by atoms with Gasteiger partial charge in [-0.05, 0) is 6.04 Å². The molecule has 0 saturated carbocycles. The smallest absolute Gasteiger partial charge is 0.138 e. The molecule has 0 aliphatic rings. The van der Waals surface area contributed by atoms with Gasteiger partial charge in [0.25, 0.3) is 3.50 Å². The van der Waals surface area contributed by atoms with Crippen molar-refractivity contribution in [2.24, 2.45) is 0 Å². The average molecular weight is 384 g/mol. The van der Waals surface area contributed by atoms with Crippen molar-refractivity contribution in [3.63, 3.8) is 0 Å². The Balaban J connectivity index is 3.01. The SMILES string of the molecule is CCCCCCCC[Si](Cl)(Br)I. The Labute approximate surface area is 102 Å². The molecule has 0 saturated heterocycles. The predicted molar refractivity (Wildman–Crippen MR) is 72.7 cm³/mol. The van der Waals surface area contributed by atoms with Crippen molar-refractivity contribution in [3.05, 3.63) is 0 Å². The van der Waals surface area contributed by atoms with Crippen LogP contribution >= 0.6 is 48.2 Å². The molecule has 0 aliphatic heterocycles. The monoisotopic (exact) mass is 382 g/mol. The maximum atomic E-state index is 6.12. The first-order valence-electron chi connectivity index (χ1n) is 4.63. The van der Waals surface area contributed by atoms with Crippen LogP contribution in [0.3, 0.4) is 0 Å². The summed E-state index contributed by atoms with van der Waals surface area (Å²) in [5.74, 6) is 0. The van der Waals surface area contributed by atoms with E-state index in [0.29, 0.717) is 0 Å². The van der Waals surface area contributed by atoms with E-state index >= 15 is 0 Å². The fraction of sp³-hybridized carbons (Fsp3) is 1.00. The first-order chi connectivity index (χ1) is 5.56. The van der Waals surface area contributed by atoms with E-state index in [0.717, 1.165) is 0 Å². The summed E-state index contributed by atoms with van der Waals surface area (Å²) in [6.45, 7) is 2.25. The molecule has 0 N–H and O–H groups in total. The second-order valence-corrected chi connectivity index (χ2v) is 24.1. The van der Waals surface area contributed by atoms with Crippen LogP contribution in [-0.4, -0.2) is 3.50 Å². The van der Waals surface area contributed by atoms with E-state index < -0.39 is 3.50 Å². The second kappa shape index (κ2) is 8.06. The Hall–Kier alpha value is 1.72. The number of unbranched alkanes of at least 4 members (excludes halogenated alkanes) is 5. The maximum absolute atomic E-state index is 6.12. The molecule has 0 spiro atoms. The van der Waals surface area contributed by atoms with Crippen molar-refractivity contribution in [1.82, 2.24) is 0 Å². The third-order valence-electron chi connectivity index (χ3n) is 1.81. The first kappa shape index (κ1) is 13.7. The zero-order valence-electron chi connectivity index (χ0n) is 7.58. The van der Waals surface area contributed by atoms with Crippen LogP contribution in [0.25, 0.3) is 0 Å². The van der Waals surface area contributed by atoms with E-state index in [1.54, 1.807) is 0 Å². The Morgan fingerprint density at radius 1 is 1.17 bits per heavy atom. The van der Waals surface area contributed by atoms with E-state index in [1.807, 2.05) is 0 Å². The quantitative estimate of drug-likeness (QED) is 0.240. The Kier molecular flexibility index (Phi) is 9.21. The van der Waals surface area contributed by atoms with Crippen LogP contribution < -0.4 is 0 Å². The van der Waals surface area contributed by atoms with Gasteiger partial charge in [0.1, 0.15) is 0 Å². The van der Waals surface area contributed by atoms with Crippen molar-refractivity contribution in [3.8, 4) is 0 Å². The molecular formula is C8H17BrClISi. The fourth-order valence-corrected chi connectivity index (χ4v) is 4.14. The Bertz CT molecular complexity index is 106. The minimum atomic E-state index is -1.47. The van der Waals surface area contributed by atoms with Crippen molar-refractivity contribution < 1.29 is 0 Å². The highest BCUT2D eigenvalue weighted by Crippen LogP contribution is 2.32. The molecule has 74 valence electrons. The van der Waals surface area contributed by atoms with Crippen LogP contribution in [0.2, 0.25) is 6.04 Å². The molecule has 0 heterocycles. The molecule has 0 amide bonds. The largest absolute Gasteiger partial charge is 0.287 e. The molecule has 4 heteroatoms. The lowest BCUT2D eigenvalue weighted by molar-refractivity contribution is 0.624. The van der Waals surface area contributed by atoms with E-state index in [9.17, 15) is 0 Å². The van der Waals surface area contributed by atoms with Crippen LogP contribution in [0.5, 0.6) is 0 Å². The van der Waals surface area contributed by atoms with Gasteiger partial charge in [0.15, 0.2) is 0 Å². The first-order valence-corrected chi connectivity index (χ1v) is 13.2. The van der Waals surface area contributed by atoms with E-state index in [-0.39, 0.29) is 0 Å². The topological polar surface area (TPSA) is 0 Å². The minimum absolute atomic E-state index is 1.20. The van der Waals surface area contributed by atoms with E-state index in [1.165, 1.54) is 44.6 Å². The molecule has 0 bridgehead atoms. The molecule has 0 fully saturated rings. The molecular weight excluding hydrogens is 366 g/mol. The molecule has 0 nitrogen and oxygen atoms in total. The van der Waals surface area contributed by atoms with E-state index in [2.05, 4.69) is 44.0 Å². The molecule has 12 heavy (non-hydrogen) atoms. The van der Waals surface area contributed by atoms with Gasteiger partial charge in [0.2, 0.25) is 0 Å². The zero-order chi connectivity index (χ0) is 9.45. The molecule has 0 rings (SSSR count). The summed E-state index contributed by atoms with van der Waals surface area (Å²) in [6.07, 6.45) is 8.17. The summed E-state index contributed by atoms with van der Waals surface area (Å²) in [5, 5.41) is 0. The normalized spacial score (nSPS) is 16.0. The molecule has 1 unspecified atom stereocenters. The predicted octanol–water partition coefficient (Wildman–Crippen LogP) is 5.35. The lowest BCUT2D eigenvalue weighted by Gasteiger charge is -2.07. The number of halogens is 3. The average Bonchev–Trinajstić information content (AvgIpc) is 1.94. The number of hydrogen-bond acceptors (Lipinski definition) is 0. The summed E-state index contributed by atoms with van der Waals surface area (Å²) in [6, 6.07) is 1.20. The van der Waals surface area contributed by atoms with E-state index in [4.69, 9.17) is 11.1 Å². The van der Waals surface area contributed by atoms with Crippen LogP contribution in [0, 0.1) is 0 Å². The molecule has 1 atom stereocenters. The van der Waals surface area contributed by atoms with Gasteiger partial charge in [-0.1, -0.05) is 82.5 Å². The summed E-state index contributed by atoms with van der Waals surface area (Å²) in [7, 11) is 0. The van der Waals surface area contributed by atoms with Crippen LogP contribution in [-0.2, 0) is 0 Å². The minimum Gasteiger partial charge on any atom is -0.138 e. The summed E-state index contributed by atoms with van der Waals surface area (Å²) < 4.78 is -1.47. The van der Waals surface area contributed by atoms with Crippen LogP contribution in [0.1, 0.15) is 45.4 Å². The zero-order valence-corrected chi connectivity index (χ0v) is 13.1. The van der Waals surface area contributed by atoms with Gasteiger partial charge in [-0.15, -0.1) is 11.1 Å². The molecule has 0 aromatic heterocycles. The van der Waals surface area contributed by atoms with Crippen molar-refractivity contribution in [2.75, 3.05) is 0 Å². The summed E-state index contributed by atoms with van der Waals surface area (Å²) >= 11 is 12.0. The maximum Gasteiger partial charge on any atom is 0.287 e. The molecule has 0 radical (unpaired) electrons. The standard InChI is InChI=1S/C8H17BrClISi/c1-2-3-4-5-6-7-8-12(9,10)11/h2-8H2,1H3. The molecule has 0 aromatic rings. The highest BCUT2D eigenvalue weighted by Gasteiger charge is 2.21. The fourth-order valence-electron chi connectivity index (χ4n) is 1.11. The highest BCUT2D eigenvalue weighted by atomic mass is 127. The van der Waals surface area contributed by atoms with Gasteiger partial charge in [0.05, 0.1) is 0 Å². The Morgan fingerprint density at radius 3 is 2.17 bits per heavy atom. The van der Waals surface area contributed by atoms with Crippen LogP contribution in [0.4, 0.5) is 0 Å². The van der Waals surface area contributed by atoms with Gasteiger partial charge in [-0.3, -0.25) is 0 Å². The number of hydrogen-bond donors (Lipinski definition) is 0. The van der Waals surface area contributed by atoms with Gasteiger partial charge in [-0.2, -0.15) is 0 Å². The van der Waals surface area contributed by atoms with Gasteiger partial charge in [0, 0.05) is 0 Å². The van der Waals surface area contributed by atoms with Gasteiger partial charge in [-0.25, -0.2) is 0 Å². The Morgan fingerprint density at radius 2 is 1.67 bits per heavy atom. The lowest BCUT2D eigenvalue weighted by atomic mass is 10.1. The van der Waals surface area contributed by atoms with Crippen molar-refractivity contribution in [2.45, 2.75) is 51.5 Å². The highest BCUT2D eigenvalue weighted by molar-refractivity contribution is 14.1. The van der Waals surface area contributed by atoms with Gasteiger partial charge >= 0.3 is 0 Å².